The van der Waals surface area contributed by atoms with Crippen molar-refractivity contribution in [1.82, 2.24) is 25.0 Å². The highest BCUT2D eigenvalue weighted by molar-refractivity contribution is 6.04. The highest BCUT2D eigenvalue weighted by Gasteiger charge is 2.42. The van der Waals surface area contributed by atoms with Crippen molar-refractivity contribution in [3.8, 4) is 17.0 Å². The molecule has 1 unspecified atom stereocenters. The van der Waals surface area contributed by atoms with Gasteiger partial charge in [-0.05, 0) is 38.5 Å². The molecule has 3 aromatic rings. The Morgan fingerprint density at radius 2 is 2.08 bits per heavy atom. The summed E-state index contributed by atoms with van der Waals surface area (Å²) < 4.78 is 28.6. The topological polar surface area (TPSA) is 104 Å². The zero-order valence-electron chi connectivity index (χ0n) is 22.3. The van der Waals surface area contributed by atoms with Crippen LogP contribution in [0.2, 0.25) is 0 Å². The lowest BCUT2D eigenvalue weighted by Crippen LogP contribution is -2.57. The van der Waals surface area contributed by atoms with E-state index in [-0.39, 0.29) is 42.0 Å². The molecule has 0 aliphatic carbocycles. The first-order valence-corrected chi connectivity index (χ1v) is 13.1. The average molecular weight is 535 g/mol. The van der Waals surface area contributed by atoms with Gasteiger partial charge in [-0.15, -0.1) is 0 Å². The standard InChI is InChI=1S/C28H31FN6O4/c1-5-20(36)33-8-9-35-17(13-33)14-38-25-22(27(35)37)26(34-10-11-39-28(3,4)15-34)31-24(23(25)29)21-16(2)6-7-19-18(21)12-30-32-19/h5-7,12,17H,1,8-11,13-15H2,2-4H3,(H,30,32). The number of amides is 2. The first-order chi connectivity index (χ1) is 18.7. The Morgan fingerprint density at radius 3 is 2.85 bits per heavy atom. The third-order valence-corrected chi connectivity index (χ3v) is 7.73. The fourth-order valence-electron chi connectivity index (χ4n) is 5.81. The van der Waals surface area contributed by atoms with E-state index < -0.39 is 17.5 Å². The molecule has 0 spiro atoms. The molecule has 5 heterocycles. The first kappa shape index (κ1) is 25.3. The summed E-state index contributed by atoms with van der Waals surface area (Å²) >= 11 is 0. The number of aromatic nitrogens is 3. The number of halogens is 1. The number of benzene rings is 1. The summed E-state index contributed by atoms with van der Waals surface area (Å²) in [7, 11) is 0. The van der Waals surface area contributed by atoms with Crippen LogP contribution in [0.3, 0.4) is 0 Å². The molecule has 39 heavy (non-hydrogen) atoms. The number of pyridine rings is 1. The smallest absolute Gasteiger partial charge is 0.262 e. The molecule has 6 rings (SSSR count). The highest BCUT2D eigenvalue weighted by Crippen LogP contribution is 2.42. The maximum atomic E-state index is 16.5. The van der Waals surface area contributed by atoms with Crippen molar-refractivity contribution in [2.45, 2.75) is 32.4 Å². The molecular weight excluding hydrogens is 503 g/mol. The number of anilines is 1. The number of aryl methyl sites for hydroxylation is 1. The van der Waals surface area contributed by atoms with E-state index in [0.717, 1.165) is 16.5 Å². The molecule has 3 aliphatic rings. The predicted molar refractivity (Wildman–Crippen MR) is 143 cm³/mol. The van der Waals surface area contributed by atoms with Gasteiger partial charge in [-0.1, -0.05) is 12.6 Å². The second-order valence-electron chi connectivity index (χ2n) is 10.9. The summed E-state index contributed by atoms with van der Waals surface area (Å²) in [6, 6.07) is 3.35. The van der Waals surface area contributed by atoms with Crippen LogP contribution in [0.25, 0.3) is 22.2 Å². The number of ether oxygens (including phenoxy) is 2. The van der Waals surface area contributed by atoms with Crippen LogP contribution in [0.15, 0.2) is 31.0 Å². The monoisotopic (exact) mass is 534 g/mol. The number of rotatable bonds is 3. The molecule has 2 aromatic heterocycles. The van der Waals surface area contributed by atoms with Crippen LogP contribution in [-0.4, -0.2) is 94.4 Å². The Bertz CT molecular complexity index is 1500. The second-order valence-corrected chi connectivity index (χ2v) is 10.9. The number of nitrogens with zero attached hydrogens (tertiary/aromatic N) is 5. The molecule has 11 heteroatoms. The summed E-state index contributed by atoms with van der Waals surface area (Å²) in [6.07, 6.45) is 2.91. The second kappa shape index (κ2) is 9.33. The maximum Gasteiger partial charge on any atom is 0.262 e. The van der Waals surface area contributed by atoms with Gasteiger partial charge >= 0.3 is 0 Å². The Labute approximate surface area is 225 Å². The van der Waals surface area contributed by atoms with Crippen molar-refractivity contribution >= 4 is 28.5 Å². The number of piperazine rings is 1. The van der Waals surface area contributed by atoms with Crippen LogP contribution < -0.4 is 9.64 Å². The van der Waals surface area contributed by atoms with E-state index >= 15 is 4.39 Å². The average Bonchev–Trinajstić information content (AvgIpc) is 3.34. The number of nitrogens with one attached hydrogen (secondary N) is 1. The number of hydrogen-bond donors (Lipinski definition) is 1. The highest BCUT2D eigenvalue weighted by atomic mass is 19.1. The lowest BCUT2D eigenvalue weighted by molar-refractivity contribution is -0.128. The number of hydrogen-bond acceptors (Lipinski definition) is 7. The number of carbonyl (C=O) groups excluding carboxylic acids is 2. The zero-order valence-corrected chi connectivity index (χ0v) is 22.3. The maximum absolute atomic E-state index is 16.5. The summed E-state index contributed by atoms with van der Waals surface area (Å²) in [6.45, 7) is 11.8. The SMILES string of the molecule is C=CC(=O)N1CCN2C(=O)c3c(N4CCOC(C)(C)C4)nc(-c4c(C)ccc5[nH]ncc45)c(F)c3OCC2C1. The molecule has 3 aliphatic heterocycles. The van der Waals surface area contributed by atoms with Gasteiger partial charge in [-0.25, -0.2) is 9.37 Å². The zero-order chi connectivity index (χ0) is 27.5. The number of fused-ring (bicyclic) bond motifs is 3. The van der Waals surface area contributed by atoms with E-state index in [1.807, 2.05) is 37.8 Å². The number of morpholine rings is 1. The van der Waals surface area contributed by atoms with Crippen LogP contribution in [0, 0.1) is 12.7 Å². The Morgan fingerprint density at radius 1 is 1.26 bits per heavy atom. The molecular formula is C28H31FN6O4. The largest absolute Gasteiger partial charge is 0.487 e. The summed E-state index contributed by atoms with van der Waals surface area (Å²) in [4.78, 5) is 36.6. The predicted octanol–water partition coefficient (Wildman–Crippen LogP) is 2.92. The Balaban J connectivity index is 1.53. The van der Waals surface area contributed by atoms with E-state index in [0.29, 0.717) is 44.2 Å². The molecule has 204 valence electrons. The van der Waals surface area contributed by atoms with Crippen LogP contribution in [0.5, 0.6) is 5.75 Å². The molecule has 1 aromatic carbocycles. The molecule has 10 nitrogen and oxygen atoms in total. The molecule has 0 radical (unpaired) electrons. The molecule has 2 fully saturated rings. The minimum absolute atomic E-state index is 0.0446. The Kier molecular flexibility index (Phi) is 6.05. The van der Waals surface area contributed by atoms with Gasteiger partial charge in [0.05, 0.1) is 30.0 Å². The number of aromatic amines is 1. The lowest BCUT2D eigenvalue weighted by atomic mass is 9.98. The van der Waals surface area contributed by atoms with Gasteiger partial charge in [0.1, 0.15) is 23.7 Å². The quantitative estimate of drug-likeness (QED) is 0.516. The van der Waals surface area contributed by atoms with Crippen LogP contribution in [-0.2, 0) is 9.53 Å². The van der Waals surface area contributed by atoms with Crippen molar-refractivity contribution in [2.75, 3.05) is 50.8 Å². The minimum atomic E-state index is -0.690. The third kappa shape index (κ3) is 4.21. The van der Waals surface area contributed by atoms with E-state index in [4.69, 9.17) is 14.5 Å². The van der Waals surface area contributed by atoms with E-state index in [1.54, 1.807) is 16.0 Å². The van der Waals surface area contributed by atoms with Crippen molar-refractivity contribution in [1.29, 1.82) is 0 Å². The minimum Gasteiger partial charge on any atom is -0.487 e. The molecule has 0 bridgehead atoms. The molecule has 2 saturated heterocycles. The Hall–Kier alpha value is -3.99. The summed E-state index contributed by atoms with van der Waals surface area (Å²) in [5, 5.41) is 7.81. The normalized spacial score (nSPS) is 20.8. The fraction of sp³-hybridized carbons (Fsp3) is 0.429. The summed E-state index contributed by atoms with van der Waals surface area (Å²) in [5.41, 5.74) is 1.89. The first-order valence-electron chi connectivity index (χ1n) is 13.1. The third-order valence-electron chi connectivity index (χ3n) is 7.73. The summed E-state index contributed by atoms with van der Waals surface area (Å²) in [5.74, 6) is -0.994. The van der Waals surface area contributed by atoms with Crippen molar-refractivity contribution in [3.05, 3.63) is 47.9 Å². The molecule has 2 amide bonds. The van der Waals surface area contributed by atoms with Crippen LogP contribution in [0.4, 0.5) is 10.2 Å². The van der Waals surface area contributed by atoms with Gasteiger partial charge in [0.15, 0.2) is 11.6 Å². The van der Waals surface area contributed by atoms with Crippen molar-refractivity contribution in [2.24, 2.45) is 0 Å². The van der Waals surface area contributed by atoms with E-state index in [9.17, 15) is 9.59 Å². The lowest BCUT2D eigenvalue weighted by Gasteiger charge is -2.41. The van der Waals surface area contributed by atoms with Gasteiger partial charge in [0.25, 0.3) is 5.91 Å². The van der Waals surface area contributed by atoms with Gasteiger partial charge < -0.3 is 24.2 Å². The van der Waals surface area contributed by atoms with Crippen molar-refractivity contribution < 1.29 is 23.5 Å². The molecule has 1 atom stereocenters. The number of H-pyrrole nitrogens is 1. The van der Waals surface area contributed by atoms with Gasteiger partial charge in [0.2, 0.25) is 5.91 Å². The van der Waals surface area contributed by atoms with E-state index in [2.05, 4.69) is 16.8 Å². The molecule has 1 N–H and O–H groups in total. The van der Waals surface area contributed by atoms with Crippen molar-refractivity contribution in [3.63, 3.8) is 0 Å². The van der Waals surface area contributed by atoms with Crippen LogP contribution in [0.1, 0.15) is 29.8 Å². The number of carbonyl (C=O) groups is 2. The van der Waals surface area contributed by atoms with Gasteiger partial charge in [0, 0.05) is 43.7 Å². The van der Waals surface area contributed by atoms with Crippen LogP contribution >= 0.6 is 0 Å². The molecule has 0 saturated carbocycles. The van der Waals surface area contributed by atoms with Gasteiger partial charge in [-0.2, -0.15) is 5.10 Å². The van der Waals surface area contributed by atoms with E-state index in [1.165, 1.54) is 6.08 Å². The van der Waals surface area contributed by atoms with Gasteiger partial charge in [-0.3, -0.25) is 14.7 Å². The fourth-order valence-corrected chi connectivity index (χ4v) is 5.81.